The van der Waals surface area contributed by atoms with E-state index in [0.717, 1.165) is 50.9 Å². The molecule has 0 aromatic rings. The van der Waals surface area contributed by atoms with Crippen LogP contribution in [-0.2, 0) is 19.1 Å². The van der Waals surface area contributed by atoms with Crippen molar-refractivity contribution in [1.29, 1.82) is 0 Å². The molecule has 6 heteroatoms. The molecular formula is C45H80N2O4. The van der Waals surface area contributed by atoms with Crippen LogP contribution in [0.1, 0.15) is 175 Å². The Morgan fingerprint density at radius 3 is 1.75 bits per heavy atom. The van der Waals surface area contributed by atoms with Crippen molar-refractivity contribution in [3.8, 4) is 0 Å². The van der Waals surface area contributed by atoms with Crippen LogP contribution in [0.3, 0.4) is 0 Å². The molecule has 1 aliphatic heterocycles. The van der Waals surface area contributed by atoms with Crippen LogP contribution >= 0.6 is 0 Å². The molecule has 1 fully saturated rings. The van der Waals surface area contributed by atoms with Gasteiger partial charge in [0.1, 0.15) is 0 Å². The minimum atomic E-state index is -0.0573. The van der Waals surface area contributed by atoms with Crippen molar-refractivity contribution in [1.82, 2.24) is 9.80 Å². The predicted molar refractivity (Wildman–Crippen MR) is 215 cm³/mol. The van der Waals surface area contributed by atoms with Crippen molar-refractivity contribution in [2.45, 2.75) is 175 Å². The van der Waals surface area contributed by atoms with Crippen molar-refractivity contribution in [2.24, 2.45) is 17.8 Å². The summed E-state index contributed by atoms with van der Waals surface area (Å²) in [5.74, 6) is 1.71. The van der Waals surface area contributed by atoms with Crippen molar-refractivity contribution in [3.63, 3.8) is 0 Å². The van der Waals surface area contributed by atoms with E-state index in [2.05, 4.69) is 61.4 Å². The first kappa shape index (κ1) is 47.0. The molecule has 0 bridgehead atoms. The number of nitrogens with zero attached hydrogens (tertiary/aromatic N) is 2. The van der Waals surface area contributed by atoms with Crippen molar-refractivity contribution in [2.75, 3.05) is 53.0 Å². The van der Waals surface area contributed by atoms with E-state index in [1.807, 2.05) is 6.08 Å². The molecule has 1 saturated heterocycles. The van der Waals surface area contributed by atoms with Gasteiger partial charge in [-0.1, -0.05) is 129 Å². The van der Waals surface area contributed by atoms with Gasteiger partial charge in [-0.2, -0.15) is 0 Å². The van der Waals surface area contributed by atoms with Gasteiger partial charge in [0, 0.05) is 45.6 Å². The number of carbonyl (C=O) groups excluding carboxylic acids is 2. The quantitative estimate of drug-likeness (QED) is 0.0383. The largest absolute Gasteiger partial charge is 0.466 e. The van der Waals surface area contributed by atoms with Gasteiger partial charge in [-0.3, -0.25) is 9.59 Å². The molecule has 51 heavy (non-hydrogen) atoms. The van der Waals surface area contributed by atoms with Gasteiger partial charge in [-0.15, -0.1) is 0 Å². The van der Waals surface area contributed by atoms with Gasteiger partial charge in [0.05, 0.1) is 13.2 Å². The van der Waals surface area contributed by atoms with Crippen LogP contribution in [0.2, 0.25) is 0 Å². The zero-order valence-corrected chi connectivity index (χ0v) is 34.0. The molecule has 0 aromatic heterocycles. The summed E-state index contributed by atoms with van der Waals surface area (Å²) in [6.45, 7) is 17.3. The molecule has 3 unspecified atom stereocenters. The minimum Gasteiger partial charge on any atom is -0.466 e. The normalized spacial score (nSPS) is 15.3. The summed E-state index contributed by atoms with van der Waals surface area (Å²) < 4.78 is 11.1. The van der Waals surface area contributed by atoms with Gasteiger partial charge in [-0.25, -0.2) is 0 Å². The van der Waals surface area contributed by atoms with Gasteiger partial charge < -0.3 is 19.3 Å². The van der Waals surface area contributed by atoms with Crippen LogP contribution in [-0.4, -0.2) is 74.7 Å². The number of hydrogen-bond donors (Lipinski definition) is 0. The molecule has 294 valence electrons. The number of hydrogen-bond acceptors (Lipinski definition) is 6. The standard InChI is InChI=1S/C45H80N2O4/c1-6-9-18-25-41(4)32-38-50-44(48)30-23-16-12-14-21-28-43(40-47-36-34-46(5)35-37-47)29-22-15-13-17-24-31-45(49)51-39-33-42(26-19-10-7-2)27-20-11-8-3/h26,41-43H,2,6,8-9,11-18,20-25,27-40H2,1,3-5H3. The zero-order chi connectivity index (χ0) is 37.2. The van der Waals surface area contributed by atoms with Crippen LogP contribution in [0.15, 0.2) is 29.8 Å². The molecule has 0 spiro atoms. The van der Waals surface area contributed by atoms with Crippen molar-refractivity contribution < 1.29 is 19.1 Å². The molecule has 0 aromatic carbocycles. The number of unbranched alkanes of at least 4 members (excludes halogenated alkanes) is 12. The maximum absolute atomic E-state index is 12.3. The molecule has 1 aliphatic rings. The summed E-state index contributed by atoms with van der Waals surface area (Å²) in [7, 11) is 2.23. The zero-order valence-electron chi connectivity index (χ0n) is 34.0. The number of esters is 2. The Balaban J connectivity index is 2.22. The Hall–Kier alpha value is -2.06. The lowest BCUT2D eigenvalue weighted by molar-refractivity contribution is -0.145. The first-order valence-electron chi connectivity index (χ1n) is 21.5. The Labute approximate surface area is 315 Å². The number of likely N-dealkylation sites (N-methyl/N-ethyl adjacent to an activating group) is 1. The van der Waals surface area contributed by atoms with E-state index in [0.29, 0.717) is 37.9 Å². The molecule has 6 nitrogen and oxygen atoms in total. The van der Waals surface area contributed by atoms with Gasteiger partial charge in [0.25, 0.3) is 0 Å². The van der Waals surface area contributed by atoms with Gasteiger partial charge >= 0.3 is 11.9 Å². The monoisotopic (exact) mass is 713 g/mol. The number of allylic oxidation sites excluding steroid dienone is 1. The molecule has 1 rings (SSSR count). The summed E-state index contributed by atoms with van der Waals surface area (Å²) in [6, 6.07) is 0. The van der Waals surface area contributed by atoms with E-state index in [9.17, 15) is 9.59 Å². The Morgan fingerprint density at radius 2 is 1.18 bits per heavy atom. The average molecular weight is 713 g/mol. The highest BCUT2D eigenvalue weighted by molar-refractivity contribution is 5.69. The maximum Gasteiger partial charge on any atom is 0.305 e. The Morgan fingerprint density at radius 1 is 0.667 bits per heavy atom. The van der Waals surface area contributed by atoms with Gasteiger partial charge in [-0.05, 0) is 88.1 Å². The number of carbonyl (C=O) groups is 2. The van der Waals surface area contributed by atoms with E-state index >= 15 is 0 Å². The third-order valence-electron chi connectivity index (χ3n) is 10.7. The first-order chi connectivity index (χ1) is 24.9. The molecule has 3 atom stereocenters. The first-order valence-corrected chi connectivity index (χ1v) is 21.5. The summed E-state index contributed by atoms with van der Waals surface area (Å²) >= 11 is 0. The molecule has 0 aliphatic carbocycles. The van der Waals surface area contributed by atoms with Crippen LogP contribution < -0.4 is 0 Å². The topological polar surface area (TPSA) is 59.1 Å². The SMILES string of the molecule is C=C=C=C=CC(CCCCC)CCOC(=O)CCCCCCCC(CCCCCCCC(=O)OCCC(C)CCCCC)CN1CCN(C)CC1. The minimum absolute atomic E-state index is 0.00995. The second-order valence-electron chi connectivity index (χ2n) is 15.6. The van der Waals surface area contributed by atoms with E-state index in [-0.39, 0.29) is 11.9 Å². The summed E-state index contributed by atoms with van der Waals surface area (Å²) in [5.41, 5.74) is 8.41. The van der Waals surface area contributed by atoms with Crippen molar-refractivity contribution >= 4 is 11.9 Å². The molecule has 0 amide bonds. The lowest BCUT2D eigenvalue weighted by atomic mass is 9.93. The fraction of sp³-hybridized carbons (Fsp3) is 0.844. The second kappa shape index (κ2) is 33.8. The second-order valence-corrected chi connectivity index (χ2v) is 15.6. The highest BCUT2D eigenvalue weighted by Crippen LogP contribution is 2.22. The number of ether oxygens (including phenoxy) is 2. The predicted octanol–water partition coefficient (Wildman–Crippen LogP) is 11.2. The van der Waals surface area contributed by atoms with Crippen molar-refractivity contribution in [3.05, 3.63) is 29.8 Å². The lowest BCUT2D eigenvalue weighted by Gasteiger charge is -2.34. The highest BCUT2D eigenvalue weighted by atomic mass is 16.5. The molecule has 0 saturated carbocycles. The fourth-order valence-electron chi connectivity index (χ4n) is 7.10. The maximum atomic E-state index is 12.3. The lowest BCUT2D eigenvalue weighted by Crippen LogP contribution is -2.46. The molecular weight excluding hydrogens is 633 g/mol. The van der Waals surface area contributed by atoms with Crippen LogP contribution in [0, 0.1) is 17.8 Å². The molecule has 1 heterocycles. The molecule has 0 N–H and O–H groups in total. The molecule has 0 radical (unpaired) electrons. The van der Waals surface area contributed by atoms with E-state index in [1.165, 1.54) is 129 Å². The summed E-state index contributed by atoms with van der Waals surface area (Å²) in [4.78, 5) is 29.6. The van der Waals surface area contributed by atoms with E-state index in [1.54, 1.807) is 0 Å². The highest BCUT2D eigenvalue weighted by Gasteiger charge is 2.18. The smallest absolute Gasteiger partial charge is 0.305 e. The van der Waals surface area contributed by atoms with Crippen LogP contribution in [0.5, 0.6) is 0 Å². The van der Waals surface area contributed by atoms with Gasteiger partial charge in [0.2, 0.25) is 0 Å². The fourth-order valence-corrected chi connectivity index (χ4v) is 7.10. The van der Waals surface area contributed by atoms with Gasteiger partial charge in [0.15, 0.2) is 0 Å². The Kier molecular flexibility index (Phi) is 31.1. The summed E-state index contributed by atoms with van der Waals surface area (Å²) in [6.07, 6.45) is 29.0. The van der Waals surface area contributed by atoms with Crippen LogP contribution in [0.25, 0.3) is 0 Å². The third-order valence-corrected chi connectivity index (χ3v) is 10.7. The average Bonchev–Trinajstić information content (AvgIpc) is 3.11. The number of piperazine rings is 1. The number of rotatable bonds is 33. The van der Waals surface area contributed by atoms with E-state index < -0.39 is 0 Å². The van der Waals surface area contributed by atoms with E-state index in [4.69, 9.17) is 9.47 Å². The summed E-state index contributed by atoms with van der Waals surface area (Å²) in [5, 5.41) is 0. The third kappa shape index (κ3) is 29.1. The van der Waals surface area contributed by atoms with Crippen LogP contribution in [0.4, 0.5) is 0 Å². The Bertz CT molecular complexity index is 971.